The van der Waals surface area contributed by atoms with E-state index < -0.39 is 0 Å². The molecular weight excluding hydrogens is 428 g/mol. The summed E-state index contributed by atoms with van der Waals surface area (Å²) in [5, 5.41) is 5.03. The van der Waals surface area contributed by atoms with E-state index in [1.807, 2.05) is 4.90 Å². The summed E-state index contributed by atoms with van der Waals surface area (Å²) in [7, 11) is 0. The highest BCUT2D eigenvalue weighted by Crippen LogP contribution is 2.32. The number of anilines is 1. The van der Waals surface area contributed by atoms with Gasteiger partial charge in [0, 0.05) is 61.5 Å². The lowest BCUT2D eigenvalue weighted by atomic mass is 9.87. The molecule has 6 heteroatoms. The number of rotatable bonds is 5. The molecule has 1 aliphatic carbocycles. The van der Waals surface area contributed by atoms with Crippen LogP contribution < -0.4 is 10.2 Å². The number of carbonyl (C=O) groups is 1. The van der Waals surface area contributed by atoms with E-state index >= 15 is 0 Å². The molecule has 2 aromatic carbocycles. The summed E-state index contributed by atoms with van der Waals surface area (Å²) in [6.07, 6.45) is 5.67. The molecule has 2 heterocycles. The Bertz CT molecular complexity index is 1160. The number of nitrogens with zero attached hydrogens (tertiary/aromatic N) is 3. The van der Waals surface area contributed by atoms with Gasteiger partial charge in [0.25, 0.3) is 0 Å². The molecule has 1 N–H and O–H groups in total. The van der Waals surface area contributed by atoms with Gasteiger partial charge in [-0.25, -0.2) is 4.98 Å². The van der Waals surface area contributed by atoms with Gasteiger partial charge in [0.1, 0.15) is 5.82 Å². The summed E-state index contributed by atoms with van der Waals surface area (Å²) in [5.41, 5.74) is 5.19. The maximum absolute atomic E-state index is 11.8. The van der Waals surface area contributed by atoms with Gasteiger partial charge in [-0.15, -0.1) is 11.8 Å². The third-order valence-electron chi connectivity index (χ3n) is 7.01. The van der Waals surface area contributed by atoms with Crippen molar-refractivity contribution in [3.63, 3.8) is 0 Å². The first kappa shape index (κ1) is 22.2. The van der Waals surface area contributed by atoms with E-state index in [2.05, 4.69) is 65.0 Å². The Morgan fingerprint density at radius 1 is 1.12 bits per heavy atom. The quantitative estimate of drug-likeness (QED) is 0.555. The molecular formula is C27H32N4OS. The molecule has 0 unspecified atom stereocenters. The number of pyridine rings is 1. The molecule has 1 amide bonds. The molecule has 1 saturated heterocycles. The number of benzene rings is 2. The third kappa shape index (κ3) is 4.73. The van der Waals surface area contributed by atoms with Crippen molar-refractivity contribution in [2.24, 2.45) is 0 Å². The minimum Gasteiger partial charge on any atom is -0.353 e. The van der Waals surface area contributed by atoms with Crippen molar-refractivity contribution in [2.75, 3.05) is 37.3 Å². The largest absolute Gasteiger partial charge is 0.353 e. The third-order valence-corrected chi connectivity index (χ3v) is 7.74. The summed E-state index contributed by atoms with van der Waals surface area (Å²) in [5.74, 6) is 1.21. The summed E-state index contributed by atoms with van der Waals surface area (Å²) >= 11 is 1.75. The topological polar surface area (TPSA) is 48.5 Å². The molecule has 2 aliphatic rings. The number of amides is 1. The van der Waals surface area contributed by atoms with Gasteiger partial charge in [-0.05, 0) is 54.8 Å². The summed E-state index contributed by atoms with van der Waals surface area (Å²) in [6.45, 7) is 5.59. The Morgan fingerprint density at radius 3 is 2.73 bits per heavy atom. The van der Waals surface area contributed by atoms with E-state index in [1.54, 1.807) is 18.7 Å². The summed E-state index contributed by atoms with van der Waals surface area (Å²) < 4.78 is 0. The Kier molecular flexibility index (Phi) is 6.56. The number of aromatic nitrogens is 1. The van der Waals surface area contributed by atoms with Crippen LogP contribution in [-0.2, 0) is 17.8 Å². The van der Waals surface area contributed by atoms with Crippen LogP contribution in [0.25, 0.3) is 10.9 Å². The highest BCUT2D eigenvalue weighted by atomic mass is 32.2. The van der Waals surface area contributed by atoms with Crippen molar-refractivity contribution in [2.45, 2.75) is 43.7 Å². The maximum atomic E-state index is 11.8. The molecule has 33 heavy (non-hydrogen) atoms. The number of hydrogen-bond acceptors (Lipinski definition) is 5. The lowest BCUT2D eigenvalue weighted by Crippen LogP contribution is -2.48. The maximum Gasteiger partial charge on any atom is 0.219 e. The van der Waals surface area contributed by atoms with Crippen molar-refractivity contribution in [1.29, 1.82) is 0 Å². The molecule has 5 rings (SSSR count). The zero-order valence-electron chi connectivity index (χ0n) is 19.5. The molecule has 3 aromatic rings. The predicted octanol–water partition coefficient (Wildman–Crippen LogP) is 4.79. The fourth-order valence-electron chi connectivity index (χ4n) is 5.14. The van der Waals surface area contributed by atoms with Gasteiger partial charge in [0.05, 0.1) is 5.52 Å². The lowest BCUT2D eigenvalue weighted by Gasteiger charge is -2.36. The zero-order valence-corrected chi connectivity index (χ0v) is 20.3. The Morgan fingerprint density at radius 2 is 1.94 bits per heavy atom. The van der Waals surface area contributed by atoms with E-state index in [-0.39, 0.29) is 5.91 Å². The minimum atomic E-state index is 0.156. The van der Waals surface area contributed by atoms with Gasteiger partial charge in [-0.2, -0.15) is 0 Å². The first-order valence-corrected chi connectivity index (χ1v) is 13.1. The Hall–Kier alpha value is -2.57. The van der Waals surface area contributed by atoms with Crippen LogP contribution in [0.15, 0.2) is 53.4 Å². The Balaban J connectivity index is 1.44. The van der Waals surface area contributed by atoms with Gasteiger partial charge in [0.15, 0.2) is 0 Å². The van der Waals surface area contributed by atoms with Crippen LogP contribution in [0, 0.1) is 0 Å². The van der Waals surface area contributed by atoms with E-state index in [4.69, 9.17) is 4.98 Å². The van der Waals surface area contributed by atoms with Crippen molar-refractivity contribution < 1.29 is 4.79 Å². The standard InChI is InChI=1S/C27H32N4OS/c1-19(32)30-12-14-31(15-13-30)27-22(16-21-10-11-23(33-2)17-26(21)29-27)18-28-25-9-5-7-20-6-3-4-8-24(20)25/h3-4,6,8,10-11,16-17,25,28H,5,7,9,12-15,18H2,1-2H3/t25-/m0/s1. The van der Waals surface area contributed by atoms with Crippen LogP contribution in [0.2, 0.25) is 0 Å². The van der Waals surface area contributed by atoms with Crippen LogP contribution >= 0.6 is 11.8 Å². The normalized spacial score (nSPS) is 18.4. The van der Waals surface area contributed by atoms with Crippen LogP contribution in [0.4, 0.5) is 5.82 Å². The summed E-state index contributed by atoms with van der Waals surface area (Å²) in [4.78, 5) is 22.5. The van der Waals surface area contributed by atoms with Crippen LogP contribution in [0.1, 0.15) is 42.5 Å². The molecule has 0 radical (unpaired) electrons. The predicted molar refractivity (Wildman–Crippen MR) is 137 cm³/mol. The zero-order chi connectivity index (χ0) is 22.8. The fraction of sp³-hybridized carbons (Fsp3) is 0.407. The highest BCUT2D eigenvalue weighted by molar-refractivity contribution is 7.98. The lowest BCUT2D eigenvalue weighted by molar-refractivity contribution is -0.129. The van der Waals surface area contributed by atoms with E-state index in [9.17, 15) is 4.79 Å². The van der Waals surface area contributed by atoms with E-state index in [1.165, 1.54) is 46.2 Å². The minimum absolute atomic E-state index is 0.156. The molecule has 1 aromatic heterocycles. The van der Waals surface area contributed by atoms with Gasteiger partial charge in [-0.1, -0.05) is 30.3 Å². The van der Waals surface area contributed by atoms with Crippen molar-refractivity contribution in [1.82, 2.24) is 15.2 Å². The molecule has 1 atom stereocenters. The number of piperazine rings is 1. The number of aryl methyl sites for hydroxylation is 1. The molecule has 0 bridgehead atoms. The van der Waals surface area contributed by atoms with Gasteiger partial charge in [-0.3, -0.25) is 4.79 Å². The van der Waals surface area contributed by atoms with Crippen LogP contribution in [0.5, 0.6) is 0 Å². The summed E-state index contributed by atoms with van der Waals surface area (Å²) in [6, 6.07) is 18.1. The first-order valence-electron chi connectivity index (χ1n) is 11.9. The highest BCUT2D eigenvalue weighted by Gasteiger charge is 2.24. The van der Waals surface area contributed by atoms with Crippen molar-refractivity contribution >= 4 is 34.4 Å². The van der Waals surface area contributed by atoms with Crippen molar-refractivity contribution in [3.8, 4) is 0 Å². The smallest absolute Gasteiger partial charge is 0.219 e. The fourth-order valence-corrected chi connectivity index (χ4v) is 5.58. The molecule has 1 fully saturated rings. The number of fused-ring (bicyclic) bond motifs is 2. The molecule has 5 nitrogen and oxygen atoms in total. The second-order valence-electron chi connectivity index (χ2n) is 9.05. The SMILES string of the molecule is CSc1ccc2cc(CN[C@H]3CCCc4ccccc43)c(N3CCN(C(C)=O)CC3)nc2c1. The molecule has 0 spiro atoms. The average Bonchev–Trinajstić information content (AvgIpc) is 2.86. The molecule has 1 aliphatic heterocycles. The number of thioether (sulfide) groups is 1. The van der Waals surface area contributed by atoms with Crippen LogP contribution in [-0.4, -0.2) is 48.2 Å². The molecule has 0 saturated carbocycles. The monoisotopic (exact) mass is 460 g/mol. The average molecular weight is 461 g/mol. The number of nitrogens with one attached hydrogen (secondary N) is 1. The first-order chi connectivity index (χ1) is 16.1. The number of hydrogen-bond donors (Lipinski definition) is 1. The Labute approximate surface area is 200 Å². The van der Waals surface area contributed by atoms with Gasteiger partial charge in [0.2, 0.25) is 5.91 Å². The van der Waals surface area contributed by atoms with Crippen LogP contribution in [0.3, 0.4) is 0 Å². The van der Waals surface area contributed by atoms with Crippen molar-refractivity contribution in [3.05, 3.63) is 65.2 Å². The number of carbonyl (C=O) groups excluding carboxylic acids is 1. The van der Waals surface area contributed by atoms with Gasteiger partial charge >= 0.3 is 0 Å². The second-order valence-corrected chi connectivity index (χ2v) is 9.93. The van der Waals surface area contributed by atoms with E-state index in [0.717, 1.165) is 44.1 Å². The van der Waals surface area contributed by atoms with E-state index in [0.29, 0.717) is 6.04 Å². The van der Waals surface area contributed by atoms with Gasteiger partial charge < -0.3 is 15.1 Å². The molecule has 172 valence electrons. The second kappa shape index (κ2) is 9.74.